The lowest BCUT2D eigenvalue weighted by molar-refractivity contribution is 0.0592. The maximum Gasteiger partial charge on any atom is 0.258 e. The van der Waals surface area contributed by atoms with Crippen LogP contribution >= 0.6 is 0 Å². The molecule has 5 rings (SSSR count). The molecule has 2 unspecified atom stereocenters. The molecular formula is C29H28N2O2. The number of nitrogens with one attached hydrogen (secondary N) is 1. The predicted octanol–water partition coefficient (Wildman–Crippen LogP) is 6.78. The van der Waals surface area contributed by atoms with Gasteiger partial charge in [0.2, 0.25) is 0 Å². The third-order valence-electron chi connectivity index (χ3n) is 6.47. The summed E-state index contributed by atoms with van der Waals surface area (Å²) >= 11 is 0. The molecule has 1 aliphatic heterocycles. The molecule has 4 aromatic rings. The molecule has 4 nitrogen and oxygen atoms in total. The topological polar surface area (TPSA) is 41.6 Å². The van der Waals surface area contributed by atoms with Crippen molar-refractivity contribution >= 4 is 22.4 Å². The Morgan fingerprint density at radius 1 is 0.909 bits per heavy atom. The third kappa shape index (κ3) is 3.93. The molecule has 0 saturated heterocycles. The van der Waals surface area contributed by atoms with E-state index in [0.29, 0.717) is 12.2 Å². The Morgan fingerprint density at radius 3 is 2.45 bits per heavy atom. The zero-order valence-electron chi connectivity index (χ0n) is 19.0. The lowest BCUT2D eigenvalue weighted by Crippen LogP contribution is -2.47. The zero-order chi connectivity index (χ0) is 22.8. The highest BCUT2D eigenvalue weighted by Gasteiger charge is 2.37. The highest BCUT2D eigenvalue weighted by molar-refractivity contribution is 6.02. The first-order valence-corrected chi connectivity index (χ1v) is 11.5. The molecule has 0 aromatic heterocycles. The second kappa shape index (κ2) is 8.99. The van der Waals surface area contributed by atoms with Gasteiger partial charge in [-0.2, -0.15) is 0 Å². The fourth-order valence-electron chi connectivity index (χ4n) is 4.55. The van der Waals surface area contributed by atoms with Gasteiger partial charge >= 0.3 is 0 Å². The van der Waals surface area contributed by atoms with Crippen LogP contribution in [0.4, 0.5) is 5.69 Å². The molecule has 4 heteroatoms. The van der Waals surface area contributed by atoms with Crippen molar-refractivity contribution in [3.05, 3.63) is 108 Å². The number of ether oxygens (including phenoxy) is 1. The largest absolute Gasteiger partial charge is 0.488 e. The zero-order valence-corrected chi connectivity index (χ0v) is 19.0. The third-order valence-corrected chi connectivity index (χ3v) is 6.47. The average molecular weight is 437 g/mol. The summed E-state index contributed by atoms with van der Waals surface area (Å²) < 4.78 is 6.39. The maximum absolute atomic E-state index is 13.7. The van der Waals surface area contributed by atoms with Gasteiger partial charge in [-0.05, 0) is 47.9 Å². The summed E-state index contributed by atoms with van der Waals surface area (Å²) in [7, 11) is 0. The summed E-state index contributed by atoms with van der Waals surface area (Å²) in [4.78, 5) is 15.6. The van der Waals surface area contributed by atoms with Gasteiger partial charge in [-0.15, -0.1) is 0 Å². The maximum atomic E-state index is 13.7. The van der Waals surface area contributed by atoms with Crippen molar-refractivity contribution in [2.75, 3.05) is 5.32 Å². The van der Waals surface area contributed by atoms with E-state index >= 15 is 0 Å². The van der Waals surface area contributed by atoms with E-state index in [1.807, 2.05) is 65.6 Å². The fourth-order valence-corrected chi connectivity index (χ4v) is 4.55. The summed E-state index contributed by atoms with van der Waals surface area (Å²) in [5.74, 6) is 0.834. The molecule has 2 atom stereocenters. The lowest BCUT2D eigenvalue weighted by atomic mass is 9.96. The van der Waals surface area contributed by atoms with Crippen LogP contribution in [0.1, 0.15) is 47.9 Å². The van der Waals surface area contributed by atoms with Gasteiger partial charge in [0.1, 0.15) is 18.5 Å². The summed E-state index contributed by atoms with van der Waals surface area (Å²) in [5.41, 5.74) is 3.66. The number of hydrogen-bond acceptors (Lipinski definition) is 3. The van der Waals surface area contributed by atoms with Crippen LogP contribution in [0.5, 0.6) is 5.75 Å². The van der Waals surface area contributed by atoms with Crippen molar-refractivity contribution in [1.29, 1.82) is 0 Å². The van der Waals surface area contributed by atoms with Gasteiger partial charge in [-0.25, -0.2) is 0 Å². The van der Waals surface area contributed by atoms with Crippen LogP contribution in [0.3, 0.4) is 0 Å². The summed E-state index contributed by atoms with van der Waals surface area (Å²) in [6.07, 6.45) is 0.524. The quantitative estimate of drug-likeness (QED) is 0.362. The molecule has 0 fully saturated rings. The molecule has 166 valence electrons. The van der Waals surface area contributed by atoms with Crippen LogP contribution in [0, 0.1) is 0 Å². The van der Waals surface area contributed by atoms with Crippen LogP contribution in [-0.2, 0) is 6.61 Å². The van der Waals surface area contributed by atoms with Crippen LogP contribution in [0.2, 0.25) is 0 Å². The SMILES string of the molecule is CCC(C)N1C(=O)c2ccccc2NC1c1c(OCc2ccccc2)ccc2ccccc12. The summed E-state index contributed by atoms with van der Waals surface area (Å²) in [5, 5.41) is 5.87. The first-order chi connectivity index (χ1) is 16.2. The fraction of sp³-hybridized carbons (Fsp3) is 0.207. The molecule has 1 heterocycles. The molecule has 0 saturated carbocycles. The number of nitrogens with zero attached hydrogens (tertiary/aromatic N) is 1. The Labute approximate surface area is 194 Å². The molecule has 4 aromatic carbocycles. The first kappa shape index (κ1) is 21.1. The number of carbonyl (C=O) groups excluding carboxylic acids is 1. The number of benzene rings is 4. The van der Waals surface area contributed by atoms with Crippen molar-refractivity contribution in [2.45, 2.75) is 39.1 Å². The number of hydrogen-bond donors (Lipinski definition) is 1. The Balaban J connectivity index is 1.65. The Hall–Kier alpha value is -3.79. The minimum atomic E-state index is -0.334. The van der Waals surface area contributed by atoms with E-state index in [4.69, 9.17) is 4.74 Å². The van der Waals surface area contributed by atoms with E-state index in [9.17, 15) is 4.79 Å². The minimum absolute atomic E-state index is 0.0469. The molecule has 0 bridgehead atoms. The van der Waals surface area contributed by atoms with E-state index in [1.54, 1.807) is 0 Å². The second-order valence-corrected chi connectivity index (χ2v) is 8.53. The summed E-state index contributed by atoms with van der Waals surface area (Å²) in [6.45, 7) is 4.69. The standard InChI is InChI=1S/C29H28N2O2/c1-3-20(2)31-28(30-25-16-10-9-15-24(25)29(31)32)27-23-14-8-7-13-22(23)17-18-26(27)33-19-21-11-5-4-6-12-21/h4-18,20,28,30H,3,19H2,1-2H3. The number of rotatable bonds is 6. The van der Waals surface area contributed by atoms with E-state index in [1.165, 1.54) is 0 Å². The van der Waals surface area contributed by atoms with Crippen molar-refractivity contribution < 1.29 is 9.53 Å². The highest BCUT2D eigenvalue weighted by atomic mass is 16.5. The van der Waals surface area contributed by atoms with E-state index in [2.05, 4.69) is 49.5 Å². The van der Waals surface area contributed by atoms with Crippen molar-refractivity contribution in [3.8, 4) is 5.75 Å². The van der Waals surface area contributed by atoms with Gasteiger partial charge in [0.25, 0.3) is 5.91 Å². The van der Waals surface area contributed by atoms with Gasteiger partial charge in [0.05, 0.1) is 5.56 Å². The van der Waals surface area contributed by atoms with Crippen LogP contribution in [0.25, 0.3) is 10.8 Å². The number of anilines is 1. The van der Waals surface area contributed by atoms with Gasteiger partial charge < -0.3 is 15.0 Å². The van der Waals surface area contributed by atoms with Gasteiger partial charge in [-0.1, -0.05) is 79.7 Å². The van der Waals surface area contributed by atoms with Gasteiger partial charge in [-0.3, -0.25) is 4.79 Å². The normalized spacial score (nSPS) is 16.2. The molecule has 0 aliphatic carbocycles. The van der Waals surface area contributed by atoms with Crippen molar-refractivity contribution in [2.24, 2.45) is 0 Å². The van der Waals surface area contributed by atoms with Crippen molar-refractivity contribution in [1.82, 2.24) is 4.90 Å². The van der Waals surface area contributed by atoms with E-state index < -0.39 is 0 Å². The molecule has 0 spiro atoms. The van der Waals surface area contributed by atoms with Crippen molar-refractivity contribution in [3.63, 3.8) is 0 Å². The molecule has 1 aliphatic rings. The monoisotopic (exact) mass is 436 g/mol. The summed E-state index contributed by atoms with van der Waals surface area (Å²) in [6, 6.07) is 30.4. The van der Waals surface area contributed by atoms with E-state index in [0.717, 1.165) is 39.8 Å². The average Bonchev–Trinajstić information content (AvgIpc) is 2.87. The Bertz CT molecular complexity index is 1290. The highest BCUT2D eigenvalue weighted by Crippen LogP contribution is 2.42. The second-order valence-electron chi connectivity index (χ2n) is 8.53. The minimum Gasteiger partial charge on any atom is -0.488 e. The first-order valence-electron chi connectivity index (χ1n) is 11.5. The van der Waals surface area contributed by atoms with Gasteiger partial charge in [0, 0.05) is 17.3 Å². The molecule has 33 heavy (non-hydrogen) atoms. The number of carbonyl (C=O) groups is 1. The smallest absolute Gasteiger partial charge is 0.258 e. The predicted molar refractivity (Wildman–Crippen MR) is 133 cm³/mol. The molecule has 1 N–H and O–H groups in total. The number of para-hydroxylation sites is 1. The van der Waals surface area contributed by atoms with E-state index in [-0.39, 0.29) is 18.1 Å². The lowest BCUT2D eigenvalue weighted by Gasteiger charge is -2.42. The Kier molecular flexibility index (Phi) is 5.74. The molecule has 0 radical (unpaired) electrons. The van der Waals surface area contributed by atoms with Crippen LogP contribution < -0.4 is 10.1 Å². The number of amides is 1. The molecular weight excluding hydrogens is 408 g/mol. The van der Waals surface area contributed by atoms with Gasteiger partial charge in [0.15, 0.2) is 0 Å². The molecule has 1 amide bonds. The number of fused-ring (bicyclic) bond motifs is 2. The van der Waals surface area contributed by atoms with Crippen LogP contribution in [-0.4, -0.2) is 16.8 Å². The van der Waals surface area contributed by atoms with Crippen LogP contribution in [0.15, 0.2) is 91.0 Å². The Morgan fingerprint density at radius 2 is 1.64 bits per heavy atom.